The van der Waals surface area contributed by atoms with Crippen LogP contribution in [0.1, 0.15) is 12.8 Å². The minimum Gasteiger partial charge on any atom is -0.494 e. The van der Waals surface area contributed by atoms with Gasteiger partial charge in [-0.25, -0.2) is 23.1 Å². The number of rotatable bonds is 5. The Morgan fingerprint density at radius 3 is 2.54 bits per heavy atom. The Morgan fingerprint density at radius 2 is 1.84 bits per heavy atom. The molecule has 0 aliphatic carbocycles. The van der Waals surface area contributed by atoms with Gasteiger partial charge in [0.1, 0.15) is 40.7 Å². The largest absolute Gasteiger partial charge is 0.494 e. The molecule has 0 radical (unpaired) electrons. The van der Waals surface area contributed by atoms with Crippen LogP contribution in [-0.4, -0.2) is 60.5 Å². The highest BCUT2D eigenvalue weighted by Crippen LogP contribution is 2.46. The van der Waals surface area contributed by atoms with Gasteiger partial charge in [-0.3, -0.25) is 0 Å². The lowest BCUT2D eigenvalue weighted by molar-refractivity contribution is 0.273. The summed E-state index contributed by atoms with van der Waals surface area (Å²) in [5.41, 5.74) is 10.00. The molecule has 4 aromatic rings. The number of H-pyrrole nitrogens is 1. The van der Waals surface area contributed by atoms with Crippen LogP contribution in [0.5, 0.6) is 5.75 Å². The Morgan fingerprint density at radius 1 is 1.05 bits per heavy atom. The maximum absolute atomic E-state index is 14.3. The lowest BCUT2D eigenvalue weighted by Gasteiger charge is -2.39. The molecular formula is C27H27F3N6O. The minimum atomic E-state index is -0.946. The van der Waals surface area contributed by atoms with Gasteiger partial charge in [0.2, 0.25) is 0 Å². The number of aromatic nitrogens is 3. The van der Waals surface area contributed by atoms with Crippen LogP contribution in [0.4, 0.5) is 24.7 Å². The zero-order valence-corrected chi connectivity index (χ0v) is 20.3. The number of nitrogens with two attached hydrogens (primary N) is 1. The van der Waals surface area contributed by atoms with E-state index in [-0.39, 0.29) is 24.9 Å². The average Bonchev–Trinajstić information content (AvgIpc) is 3.29. The average molecular weight is 509 g/mol. The van der Waals surface area contributed by atoms with E-state index in [2.05, 4.69) is 9.88 Å². The normalized spacial score (nSPS) is 16.9. The van der Waals surface area contributed by atoms with Crippen molar-refractivity contribution in [2.45, 2.75) is 25.1 Å². The van der Waals surface area contributed by atoms with Gasteiger partial charge in [0.05, 0.1) is 37.0 Å². The first-order valence-electron chi connectivity index (χ1n) is 12.3. The second kappa shape index (κ2) is 9.26. The summed E-state index contributed by atoms with van der Waals surface area (Å²) in [5, 5.41) is 0. The van der Waals surface area contributed by atoms with Crippen LogP contribution in [-0.2, 0) is 0 Å². The van der Waals surface area contributed by atoms with E-state index in [1.54, 1.807) is 12.3 Å². The highest BCUT2D eigenvalue weighted by molar-refractivity contribution is 5.97. The van der Waals surface area contributed by atoms with Gasteiger partial charge in [-0.05, 0) is 30.5 Å². The predicted octanol–water partition coefficient (Wildman–Crippen LogP) is 4.66. The first-order valence-corrected chi connectivity index (χ1v) is 12.3. The first-order chi connectivity index (χ1) is 17.9. The summed E-state index contributed by atoms with van der Waals surface area (Å²) in [6, 6.07) is 9.09. The molecule has 2 saturated heterocycles. The third-order valence-corrected chi connectivity index (χ3v) is 7.14. The van der Waals surface area contributed by atoms with Gasteiger partial charge in [0.25, 0.3) is 0 Å². The van der Waals surface area contributed by atoms with Crippen molar-refractivity contribution < 1.29 is 17.9 Å². The van der Waals surface area contributed by atoms with Gasteiger partial charge in [0, 0.05) is 43.0 Å². The van der Waals surface area contributed by atoms with Crippen molar-refractivity contribution in [1.29, 1.82) is 0 Å². The first kappa shape index (κ1) is 23.6. The maximum Gasteiger partial charge on any atom is 0.147 e. The van der Waals surface area contributed by atoms with Crippen molar-refractivity contribution in [3.8, 4) is 28.3 Å². The van der Waals surface area contributed by atoms with Gasteiger partial charge in [-0.2, -0.15) is 0 Å². The van der Waals surface area contributed by atoms with Crippen LogP contribution >= 0.6 is 0 Å². The summed E-state index contributed by atoms with van der Waals surface area (Å²) < 4.78 is 48.0. The topological polar surface area (TPSA) is 83.3 Å². The number of ether oxygens (including phenoxy) is 1. The van der Waals surface area contributed by atoms with Crippen molar-refractivity contribution in [2.24, 2.45) is 5.73 Å². The molecule has 0 amide bonds. The fraction of sp³-hybridized carbons (Fsp3) is 0.333. The lowest BCUT2D eigenvalue weighted by atomic mass is 9.97. The number of imidazole rings is 1. The standard InChI is InChI=1S/C27H27F3N6O/c1-37-22-11-17(29)10-21-24(22)34-26(33-21)23-25(35-7-5-19(31)6-8-35)20(15-3-2-4-16(28)9-15)12-32-27(23)36-13-18(30)14-36/h2-4,9-12,18-19H,5-8,13-14,31H2,1H3,(H,33,34). The Balaban J connectivity index is 1.63. The van der Waals surface area contributed by atoms with Crippen molar-refractivity contribution in [3.05, 3.63) is 54.2 Å². The quantitative estimate of drug-likeness (QED) is 0.408. The zero-order valence-electron chi connectivity index (χ0n) is 20.3. The van der Waals surface area contributed by atoms with E-state index in [0.717, 1.165) is 24.1 Å². The van der Waals surface area contributed by atoms with E-state index in [1.165, 1.54) is 31.4 Å². The van der Waals surface area contributed by atoms with E-state index in [9.17, 15) is 13.2 Å². The van der Waals surface area contributed by atoms with Gasteiger partial charge < -0.3 is 25.3 Å². The lowest BCUT2D eigenvalue weighted by Crippen LogP contribution is -2.49. The number of nitrogens with one attached hydrogen (secondary N) is 1. The molecule has 0 spiro atoms. The predicted molar refractivity (Wildman–Crippen MR) is 138 cm³/mol. The summed E-state index contributed by atoms with van der Waals surface area (Å²) in [5.74, 6) is 0.510. The van der Waals surface area contributed by atoms with Gasteiger partial charge >= 0.3 is 0 Å². The number of pyridine rings is 1. The Hall–Kier alpha value is -3.79. The van der Waals surface area contributed by atoms with Crippen LogP contribution in [0.2, 0.25) is 0 Å². The van der Waals surface area contributed by atoms with E-state index in [4.69, 9.17) is 20.4 Å². The molecule has 3 N–H and O–H groups in total. The number of anilines is 2. The number of halogens is 3. The van der Waals surface area contributed by atoms with Crippen molar-refractivity contribution in [1.82, 2.24) is 15.0 Å². The summed E-state index contributed by atoms with van der Waals surface area (Å²) >= 11 is 0. The second-order valence-electron chi connectivity index (χ2n) is 9.64. The van der Waals surface area contributed by atoms with Crippen LogP contribution in [0.15, 0.2) is 42.6 Å². The van der Waals surface area contributed by atoms with E-state index >= 15 is 0 Å². The molecule has 2 aliphatic heterocycles. The summed E-state index contributed by atoms with van der Waals surface area (Å²) in [6.45, 7) is 1.79. The number of hydrogen-bond acceptors (Lipinski definition) is 6. The third kappa shape index (κ3) is 4.25. The number of hydrogen-bond donors (Lipinski definition) is 2. The minimum absolute atomic E-state index is 0.0970. The third-order valence-electron chi connectivity index (χ3n) is 7.14. The number of methoxy groups -OCH3 is 1. The fourth-order valence-corrected chi connectivity index (χ4v) is 5.19. The highest BCUT2D eigenvalue weighted by Gasteiger charge is 2.34. The van der Waals surface area contributed by atoms with Crippen LogP contribution in [0, 0.1) is 11.6 Å². The molecule has 7 nitrogen and oxygen atoms in total. The van der Waals surface area contributed by atoms with E-state index < -0.39 is 12.0 Å². The second-order valence-corrected chi connectivity index (χ2v) is 9.64. The van der Waals surface area contributed by atoms with Crippen molar-refractivity contribution >= 4 is 22.5 Å². The van der Waals surface area contributed by atoms with E-state index in [0.29, 0.717) is 52.6 Å². The molecule has 2 fully saturated rings. The number of fused-ring (bicyclic) bond motifs is 1. The number of piperidine rings is 1. The van der Waals surface area contributed by atoms with Crippen LogP contribution in [0.25, 0.3) is 33.5 Å². The van der Waals surface area contributed by atoms with Gasteiger partial charge in [-0.1, -0.05) is 12.1 Å². The Labute approximate surface area is 212 Å². The molecule has 2 aliphatic rings. The van der Waals surface area contributed by atoms with Gasteiger partial charge in [-0.15, -0.1) is 0 Å². The van der Waals surface area contributed by atoms with Crippen LogP contribution in [0.3, 0.4) is 0 Å². The fourth-order valence-electron chi connectivity index (χ4n) is 5.19. The number of benzene rings is 2. The molecule has 2 aromatic carbocycles. The summed E-state index contributed by atoms with van der Waals surface area (Å²) in [7, 11) is 1.47. The molecule has 0 bridgehead atoms. The SMILES string of the molecule is COc1cc(F)cc2nc(-c3c(N4CC(F)C4)ncc(-c4cccc(F)c4)c3N3CCC(N)CC3)[nH]c12. The zero-order chi connectivity index (χ0) is 25.7. The molecule has 2 aromatic heterocycles. The number of alkyl halides is 1. The summed E-state index contributed by atoms with van der Waals surface area (Å²) in [6.07, 6.45) is 2.34. The molecule has 37 heavy (non-hydrogen) atoms. The maximum atomic E-state index is 14.3. The summed E-state index contributed by atoms with van der Waals surface area (Å²) in [4.78, 5) is 16.8. The molecule has 192 valence electrons. The molecule has 0 atom stereocenters. The van der Waals surface area contributed by atoms with Crippen molar-refractivity contribution in [2.75, 3.05) is 43.1 Å². The molecule has 10 heteroatoms. The number of aromatic amines is 1. The molecule has 4 heterocycles. The monoisotopic (exact) mass is 508 g/mol. The van der Waals surface area contributed by atoms with Gasteiger partial charge in [0.15, 0.2) is 0 Å². The number of nitrogens with zero attached hydrogens (tertiary/aromatic N) is 4. The Bertz CT molecular complexity index is 1460. The molecule has 6 rings (SSSR count). The molecule has 0 unspecified atom stereocenters. The molecular weight excluding hydrogens is 481 g/mol. The highest BCUT2D eigenvalue weighted by atomic mass is 19.1. The smallest absolute Gasteiger partial charge is 0.147 e. The van der Waals surface area contributed by atoms with Crippen LogP contribution < -0.4 is 20.3 Å². The Kier molecular flexibility index (Phi) is 5.91. The molecule has 0 saturated carbocycles. The van der Waals surface area contributed by atoms with Crippen molar-refractivity contribution in [3.63, 3.8) is 0 Å². The van der Waals surface area contributed by atoms with E-state index in [1.807, 2.05) is 11.0 Å².